The van der Waals surface area contributed by atoms with Gasteiger partial charge < -0.3 is 10.3 Å². The van der Waals surface area contributed by atoms with E-state index in [0.29, 0.717) is 5.56 Å². The molecule has 0 bridgehead atoms. The van der Waals surface area contributed by atoms with Crippen LogP contribution >= 0.6 is 0 Å². The van der Waals surface area contributed by atoms with Gasteiger partial charge in [-0.05, 0) is 17.7 Å². The Morgan fingerprint density at radius 1 is 1.55 bits per heavy atom. The van der Waals surface area contributed by atoms with E-state index in [4.69, 9.17) is 5.53 Å². The molecule has 0 fully saturated rings. The zero-order chi connectivity index (χ0) is 15.1. The molecule has 0 aromatic heterocycles. The second kappa shape index (κ2) is 7.11. The van der Waals surface area contributed by atoms with Gasteiger partial charge in [-0.2, -0.15) is 4.79 Å². The summed E-state index contributed by atoms with van der Waals surface area (Å²) in [5.41, 5.74) is 8.52. The number of rotatable bonds is 6. The van der Waals surface area contributed by atoms with Crippen molar-refractivity contribution in [2.75, 3.05) is 7.11 Å². The second-order valence-electron chi connectivity index (χ2n) is 3.96. The van der Waals surface area contributed by atoms with Gasteiger partial charge in [-0.1, -0.05) is 18.2 Å². The van der Waals surface area contributed by atoms with Crippen LogP contribution in [0.1, 0.15) is 17.9 Å². The number of allylic oxidation sites excluding steroid dienone is 1. The molecule has 0 saturated carbocycles. The summed E-state index contributed by atoms with van der Waals surface area (Å²) in [6.07, 6.45) is 1.28. The van der Waals surface area contributed by atoms with Gasteiger partial charge in [0.25, 0.3) is 5.78 Å². The van der Waals surface area contributed by atoms with Crippen LogP contribution in [0, 0.1) is 5.82 Å². The number of halogens is 1. The standard InChI is InChI=1S/C14H13FN2O3/c1-3-9(10-5-4-6-11(15)7-10)8-12(18)13(17-16)14(19)20-2/h3-7,9H,1,8H2,2H3. The van der Waals surface area contributed by atoms with Crippen molar-refractivity contribution in [3.63, 3.8) is 0 Å². The van der Waals surface area contributed by atoms with E-state index in [1.807, 2.05) is 0 Å². The molecule has 1 atom stereocenters. The molecule has 0 aliphatic rings. The third-order valence-electron chi connectivity index (χ3n) is 2.71. The second-order valence-corrected chi connectivity index (χ2v) is 3.96. The smallest absolute Gasteiger partial charge is 0.441 e. The first-order valence-corrected chi connectivity index (χ1v) is 5.75. The molecule has 1 unspecified atom stereocenters. The summed E-state index contributed by atoms with van der Waals surface area (Å²) in [6.45, 7) is 3.58. The number of carbonyl (C=O) groups excluding carboxylic acids is 2. The van der Waals surface area contributed by atoms with Crippen molar-refractivity contribution in [2.45, 2.75) is 12.3 Å². The van der Waals surface area contributed by atoms with Gasteiger partial charge in [-0.15, -0.1) is 6.58 Å². The number of hydrogen-bond acceptors (Lipinski definition) is 3. The first-order valence-electron chi connectivity index (χ1n) is 5.75. The third-order valence-corrected chi connectivity index (χ3v) is 2.71. The molecule has 104 valence electrons. The van der Waals surface area contributed by atoms with Crippen LogP contribution in [0.15, 0.2) is 36.9 Å². The van der Waals surface area contributed by atoms with Crippen LogP contribution < -0.4 is 0 Å². The fourth-order valence-electron chi connectivity index (χ4n) is 1.68. The Hall–Kier alpha value is -2.59. The van der Waals surface area contributed by atoms with Gasteiger partial charge in [0.15, 0.2) is 0 Å². The Kier molecular flexibility index (Phi) is 5.50. The molecule has 0 spiro atoms. The van der Waals surface area contributed by atoms with Gasteiger partial charge in [0.1, 0.15) is 5.82 Å². The Balaban J connectivity index is 2.94. The average molecular weight is 276 g/mol. The summed E-state index contributed by atoms with van der Waals surface area (Å²) in [5, 5.41) is 0. The van der Waals surface area contributed by atoms with E-state index in [0.717, 1.165) is 7.11 Å². The van der Waals surface area contributed by atoms with Crippen molar-refractivity contribution in [3.05, 3.63) is 53.8 Å². The van der Waals surface area contributed by atoms with Crippen molar-refractivity contribution in [1.29, 1.82) is 0 Å². The van der Waals surface area contributed by atoms with Crippen LogP contribution in [0.25, 0.3) is 5.53 Å². The Morgan fingerprint density at radius 3 is 2.75 bits per heavy atom. The van der Waals surface area contributed by atoms with E-state index < -0.39 is 29.2 Å². The lowest BCUT2D eigenvalue weighted by molar-refractivity contribution is -0.139. The van der Waals surface area contributed by atoms with Crippen molar-refractivity contribution >= 4 is 17.5 Å². The summed E-state index contributed by atoms with van der Waals surface area (Å²) in [7, 11) is 1.07. The molecule has 1 aromatic carbocycles. The highest BCUT2D eigenvalue weighted by atomic mass is 19.1. The monoisotopic (exact) mass is 276 g/mol. The fourth-order valence-corrected chi connectivity index (χ4v) is 1.68. The molecular weight excluding hydrogens is 263 g/mol. The number of ether oxygens (including phenoxy) is 1. The first kappa shape index (κ1) is 15.5. The largest absolute Gasteiger partial charge is 0.460 e. The summed E-state index contributed by atoms with van der Waals surface area (Å²) in [5.74, 6) is -2.68. The molecule has 0 aliphatic heterocycles. The fraction of sp³-hybridized carbons (Fsp3) is 0.214. The maximum Gasteiger partial charge on any atom is 0.441 e. The maximum absolute atomic E-state index is 13.2. The summed E-state index contributed by atoms with van der Waals surface area (Å²) in [6, 6.07) is 5.69. The minimum atomic E-state index is -1.03. The van der Waals surface area contributed by atoms with E-state index in [1.54, 1.807) is 6.07 Å². The van der Waals surface area contributed by atoms with Gasteiger partial charge in [-0.3, -0.25) is 4.79 Å². The van der Waals surface area contributed by atoms with Crippen molar-refractivity contribution in [2.24, 2.45) is 0 Å². The Morgan fingerprint density at radius 2 is 2.25 bits per heavy atom. The molecule has 0 N–H and O–H groups in total. The molecule has 5 nitrogen and oxygen atoms in total. The summed E-state index contributed by atoms with van der Waals surface area (Å²) in [4.78, 5) is 25.7. The van der Waals surface area contributed by atoms with E-state index >= 15 is 0 Å². The maximum atomic E-state index is 13.2. The van der Waals surface area contributed by atoms with E-state index in [1.165, 1.54) is 24.3 Å². The van der Waals surface area contributed by atoms with E-state index in [2.05, 4.69) is 16.1 Å². The van der Waals surface area contributed by atoms with E-state index in [9.17, 15) is 14.0 Å². The zero-order valence-corrected chi connectivity index (χ0v) is 10.9. The number of carbonyl (C=O) groups is 2. The van der Waals surface area contributed by atoms with Crippen LogP contribution in [0.2, 0.25) is 0 Å². The average Bonchev–Trinajstić information content (AvgIpc) is 2.45. The van der Waals surface area contributed by atoms with Crippen molar-refractivity contribution < 1.29 is 23.5 Å². The Bertz CT molecular complexity index is 592. The molecule has 6 heteroatoms. The van der Waals surface area contributed by atoms with Crippen molar-refractivity contribution in [1.82, 2.24) is 0 Å². The third kappa shape index (κ3) is 3.70. The lowest BCUT2D eigenvalue weighted by Gasteiger charge is -2.10. The number of esters is 1. The van der Waals surface area contributed by atoms with Crippen LogP contribution in [0.3, 0.4) is 0 Å². The molecule has 0 heterocycles. The number of benzene rings is 1. The number of hydrogen-bond donors (Lipinski definition) is 0. The number of Topliss-reactive ketones (excluding diaryl/α,β-unsaturated/α-hetero) is 1. The van der Waals surface area contributed by atoms with Gasteiger partial charge in [0.05, 0.1) is 7.11 Å². The van der Waals surface area contributed by atoms with Crippen LogP contribution in [-0.2, 0) is 14.3 Å². The molecular formula is C14H13FN2O3. The predicted octanol–water partition coefficient (Wildman–Crippen LogP) is 1.90. The molecule has 0 aliphatic carbocycles. The van der Waals surface area contributed by atoms with E-state index in [-0.39, 0.29) is 6.42 Å². The molecule has 0 saturated heterocycles. The molecule has 1 aromatic rings. The topological polar surface area (TPSA) is 79.8 Å². The minimum absolute atomic E-state index is 0.179. The lowest BCUT2D eigenvalue weighted by Crippen LogP contribution is -2.27. The first-order chi connectivity index (χ1) is 9.53. The zero-order valence-electron chi connectivity index (χ0n) is 10.9. The number of nitrogens with zero attached hydrogens (tertiary/aromatic N) is 2. The Labute approximate surface area is 115 Å². The summed E-state index contributed by atoms with van der Waals surface area (Å²) < 4.78 is 17.5. The molecule has 0 radical (unpaired) electrons. The van der Waals surface area contributed by atoms with Gasteiger partial charge in [-0.25, -0.2) is 9.18 Å². The highest BCUT2D eigenvalue weighted by Crippen LogP contribution is 2.22. The van der Waals surface area contributed by atoms with Gasteiger partial charge >= 0.3 is 11.7 Å². The quantitative estimate of drug-likeness (QED) is 0.199. The van der Waals surface area contributed by atoms with Gasteiger partial charge in [0, 0.05) is 12.3 Å². The van der Waals surface area contributed by atoms with Crippen LogP contribution in [-0.4, -0.2) is 29.4 Å². The molecule has 1 rings (SSSR count). The highest BCUT2D eigenvalue weighted by Gasteiger charge is 2.31. The SMILES string of the molecule is C=CC(CC(=O)C(=[N+]=[N-])C(=O)OC)c1cccc(F)c1. The number of methoxy groups -OCH3 is 1. The minimum Gasteiger partial charge on any atom is -0.460 e. The molecule has 0 amide bonds. The highest BCUT2D eigenvalue weighted by molar-refractivity contribution is 6.62. The van der Waals surface area contributed by atoms with Crippen molar-refractivity contribution in [3.8, 4) is 0 Å². The van der Waals surface area contributed by atoms with Crippen LogP contribution in [0.5, 0.6) is 0 Å². The normalized spacial score (nSPS) is 11.1. The van der Waals surface area contributed by atoms with Crippen LogP contribution in [0.4, 0.5) is 4.39 Å². The lowest BCUT2D eigenvalue weighted by atomic mass is 9.92. The summed E-state index contributed by atoms with van der Waals surface area (Å²) >= 11 is 0. The predicted molar refractivity (Wildman–Crippen MR) is 69.6 cm³/mol. The molecule has 20 heavy (non-hydrogen) atoms. The van der Waals surface area contributed by atoms with Gasteiger partial charge in [0.2, 0.25) is 0 Å². The number of ketones is 1.